The van der Waals surface area contributed by atoms with E-state index in [1.807, 2.05) is 24.3 Å². The molecule has 1 heterocycles. The standard InChI is InChI=1S/C28H23N3O4/c1-31(26-7-3-2-6-25(26)28(33)30-18-24-5-4-16-34-24)27(32)19-35-23-14-12-22(13-15-23)21-10-8-20(17-29)9-11-21/h2-16H,18-19H2,1H3,(H,30,33). The average molecular weight is 466 g/mol. The van der Waals surface area contributed by atoms with Crippen LogP contribution in [0.15, 0.2) is 95.6 Å². The molecular weight excluding hydrogens is 442 g/mol. The summed E-state index contributed by atoms with van der Waals surface area (Å²) in [6, 6.07) is 27.2. The highest BCUT2D eigenvalue weighted by Gasteiger charge is 2.19. The molecule has 1 aromatic heterocycles. The summed E-state index contributed by atoms with van der Waals surface area (Å²) in [5.41, 5.74) is 3.41. The Morgan fingerprint density at radius 2 is 1.63 bits per heavy atom. The first kappa shape index (κ1) is 23.3. The zero-order valence-electron chi connectivity index (χ0n) is 19.1. The maximum absolute atomic E-state index is 12.8. The molecular formula is C28H23N3O4. The summed E-state index contributed by atoms with van der Waals surface area (Å²) >= 11 is 0. The number of amides is 2. The zero-order valence-corrected chi connectivity index (χ0v) is 19.1. The number of hydrogen-bond acceptors (Lipinski definition) is 5. The van der Waals surface area contributed by atoms with Gasteiger partial charge in [0.2, 0.25) is 0 Å². The van der Waals surface area contributed by atoms with Crippen LogP contribution in [0, 0.1) is 11.3 Å². The number of benzene rings is 3. The van der Waals surface area contributed by atoms with Gasteiger partial charge in [-0.15, -0.1) is 0 Å². The van der Waals surface area contributed by atoms with E-state index in [2.05, 4.69) is 11.4 Å². The maximum atomic E-state index is 12.8. The SMILES string of the molecule is CN(C(=O)COc1ccc(-c2ccc(C#N)cc2)cc1)c1ccccc1C(=O)NCc1ccco1. The van der Waals surface area contributed by atoms with Crippen molar-refractivity contribution in [3.05, 3.63) is 108 Å². The van der Waals surface area contributed by atoms with Crippen molar-refractivity contribution in [1.29, 1.82) is 5.26 Å². The third-order valence-corrected chi connectivity index (χ3v) is 5.45. The number of rotatable bonds is 8. The second-order valence-corrected chi connectivity index (χ2v) is 7.73. The summed E-state index contributed by atoms with van der Waals surface area (Å²) in [5.74, 6) is 0.580. The van der Waals surface area contributed by atoms with Gasteiger partial charge < -0.3 is 19.4 Å². The first-order valence-electron chi connectivity index (χ1n) is 10.9. The minimum absolute atomic E-state index is 0.185. The third-order valence-electron chi connectivity index (χ3n) is 5.45. The summed E-state index contributed by atoms with van der Waals surface area (Å²) < 4.78 is 10.9. The lowest BCUT2D eigenvalue weighted by Crippen LogP contribution is -2.33. The molecule has 0 radical (unpaired) electrons. The average Bonchev–Trinajstić information content (AvgIpc) is 3.44. The molecule has 7 heteroatoms. The Hall–Kier alpha value is -4.83. The Morgan fingerprint density at radius 3 is 2.29 bits per heavy atom. The molecule has 0 spiro atoms. The van der Waals surface area contributed by atoms with Gasteiger partial charge in [-0.1, -0.05) is 36.4 Å². The number of nitrogens with one attached hydrogen (secondary N) is 1. The van der Waals surface area contributed by atoms with E-state index in [0.29, 0.717) is 28.3 Å². The van der Waals surface area contributed by atoms with Crippen LogP contribution < -0.4 is 15.0 Å². The number of para-hydroxylation sites is 1. The Labute approximate surface area is 203 Å². The first-order chi connectivity index (χ1) is 17.0. The molecule has 0 saturated heterocycles. The fourth-order valence-corrected chi connectivity index (χ4v) is 3.49. The van der Waals surface area contributed by atoms with Gasteiger partial charge in [-0.05, 0) is 59.7 Å². The molecule has 1 N–H and O–H groups in total. The highest BCUT2D eigenvalue weighted by Crippen LogP contribution is 2.23. The number of hydrogen-bond donors (Lipinski definition) is 1. The number of carbonyl (C=O) groups is 2. The summed E-state index contributed by atoms with van der Waals surface area (Å²) in [6.07, 6.45) is 1.54. The van der Waals surface area contributed by atoms with Crippen molar-refractivity contribution in [2.45, 2.75) is 6.54 Å². The van der Waals surface area contributed by atoms with E-state index in [1.54, 1.807) is 74.0 Å². The molecule has 4 aromatic rings. The van der Waals surface area contributed by atoms with Crippen LogP contribution in [0.3, 0.4) is 0 Å². The van der Waals surface area contributed by atoms with Crippen LogP contribution >= 0.6 is 0 Å². The fraction of sp³-hybridized carbons (Fsp3) is 0.107. The maximum Gasteiger partial charge on any atom is 0.264 e. The molecule has 0 aliphatic heterocycles. The monoisotopic (exact) mass is 465 g/mol. The Morgan fingerprint density at radius 1 is 0.943 bits per heavy atom. The number of anilines is 1. The molecule has 2 amide bonds. The lowest BCUT2D eigenvalue weighted by molar-refractivity contribution is -0.120. The van der Waals surface area contributed by atoms with Gasteiger partial charge in [0.15, 0.2) is 6.61 Å². The normalized spacial score (nSPS) is 10.3. The van der Waals surface area contributed by atoms with Gasteiger partial charge >= 0.3 is 0 Å². The van der Waals surface area contributed by atoms with Crippen molar-refractivity contribution >= 4 is 17.5 Å². The smallest absolute Gasteiger partial charge is 0.264 e. The third kappa shape index (κ3) is 5.75. The van der Waals surface area contributed by atoms with Crippen LogP contribution in [-0.4, -0.2) is 25.5 Å². The molecule has 7 nitrogen and oxygen atoms in total. The van der Waals surface area contributed by atoms with Gasteiger partial charge in [-0.3, -0.25) is 9.59 Å². The molecule has 174 valence electrons. The molecule has 0 saturated carbocycles. The van der Waals surface area contributed by atoms with E-state index in [1.165, 1.54) is 4.90 Å². The van der Waals surface area contributed by atoms with Crippen LogP contribution in [0.25, 0.3) is 11.1 Å². The Kier molecular flexibility index (Phi) is 7.24. The minimum atomic E-state index is -0.309. The fourth-order valence-electron chi connectivity index (χ4n) is 3.49. The van der Waals surface area contributed by atoms with Crippen molar-refractivity contribution in [3.8, 4) is 22.9 Å². The van der Waals surface area contributed by atoms with E-state index in [-0.39, 0.29) is 25.0 Å². The van der Waals surface area contributed by atoms with Crippen LogP contribution in [0.2, 0.25) is 0 Å². The van der Waals surface area contributed by atoms with E-state index in [0.717, 1.165) is 11.1 Å². The number of nitriles is 1. The number of furan rings is 1. The van der Waals surface area contributed by atoms with Gasteiger partial charge in [0, 0.05) is 7.05 Å². The van der Waals surface area contributed by atoms with Gasteiger partial charge in [-0.2, -0.15) is 5.26 Å². The van der Waals surface area contributed by atoms with Gasteiger partial charge in [0.05, 0.1) is 35.7 Å². The molecule has 35 heavy (non-hydrogen) atoms. The Balaban J connectivity index is 1.37. The summed E-state index contributed by atoms with van der Waals surface area (Å²) in [6.45, 7) is 0.0640. The minimum Gasteiger partial charge on any atom is -0.484 e. The summed E-state index contributed by atoms with van der Waals surface area (Å²) in [4.78, 5) is 26.9. The number of nitrogens with zero attached hydrogens (tertiary/aromatic N) is 2. The molecule has 0 aliphatic rings. The second kappa shape index (κ2) is 10.9. The Bertz CT molecular complexity index is 1340. The number of carbonyl (C=O) groups excluding carboxylic acids is 2. The lowest BCUT2D eigenvalue weighted by Gasteiger charge is -2.20. The predicted octanol–water partition coefficient (Wildman–Crippen LogP) is 4.79. The largest absolute Gasteiger partial charge is 0.484 e. The zero-order chi connectivity index (χ0) is 24.6. The first-order valence-corrected chi connectivity index (χ1v) is 10.9. The highest BCUT2D eigenvalue weighted by molar-refractivity contribution is 6.04. The molecule has 0 fully saturated rings. The summed E-state index contributed by atoms with van der Waals surface area (Å²) in [5, 5.41) is 11.7. The summed E-state index contributed by atoms with van der Waals surface area (Å²) in [7, 11) is 1.61. The number of ether oxygens (including phenoxy) is 1. The molecule has 4 rings (SSSR count). The van der Waals surface area contributed by atoms with Crippen molar-refractivity contribution < 1.29 is 18.7 Å². The van der Waals surface area contributed by atoms with E-state index in [9.17, 15) is 9.59 Å². The molecule has 0 aliphatic carbocycles. The van der Waals surface area contributed by atoms with Crippen molar-refractivity contribution in [2.24, 2.45) is 0 Å². The molecule has 0 atom stereocenters. The van der Waals surface area contributed by atoms with Crippen LogP contribution in [-0.2, 0) is 11.3 Å². The quantitative estimate of drug-likeness (QED) is 0.404. The second-order valence-electron chi connectivity index (χ2n) is 7.73. The number of likely N-dealkylation sites (N-methyl/N-ethyl adjacent to an activating group) is 1. The van der Waals surface area contributed by atoms with Gasteiger partial charge in [-0.25, -0.2) is 0 Å². The van der Waals surface area contributed by atoms with Crippen molar-refractivity contribution in [3.63, 3.8) is 0 Å². The van der Waals surface area contributed by atoms with Gasteiger partial charge in [0.1, 0.15) is 11.5 Å². The van der Waals surface area contributed by atoms with Crippen molar-refractivity contribution in [1.82, 2.24) is 5.32 Å². The molecule has 3 aromatic carbocycles. The molecule has 0 bridgehead atoms. The van der Waals surface area contributed by atoms with E-state index < -0.39 is 0 Å². The van der Waals surface area contributed by atoms with E-state index >= 15 is 0 Å². The highest BCUT2D eigenvalue weighted by atomic mass is 16.5. The molecule has 0 unspecified atom stereocenters. The van der Waals surface area contributed by atoms with Crippen LogP contribution in [0.5, 0.6) is 5.75 Å². The lowest BCUT2D eigenvalue weighted by atomic mass is 10.0. The predicted molar refractivity (Wildman–Crippen MR) is 132 cm³/mol. The van der Waals surface area contributed by atoms with Crippen LogP contribution in [0.4, 0.5) is 5.69 Å². The van der Waals surface area contributed by atoms with Crippen LogP contribution in [0.1, 0.15) is 21.7 Å². The van der Waals surface area contributed by atoms with Gasteiger partial charge in [0.25, 0.3) is 11.8 Å². The topological polar surface area (TPSA) is 95.6 Å². The van der Waals surface area contributed by atoms with E-state index in [4.69, 9.17) is 14.4 Å². The van der Waals surface area contributed by atoms with Crippen molar-refractivity contribution in [2.75, 3.05) is 18.6 Å².